The zero-order valence-electron chi connectivity index (χ0n) is 4.25. The molecule has 0 radical (unpaired) electrons. The fourth-order valence-electron chi connectivity index (χ4n) is 0.293. The molecular weight excluding hydrogens is 206 g/mol. The number of hydrogen-bond acceptors (Lipinski definition) is 0. The third-order valence-electron chi connectivity index (χ3n) is 0.607. The maximum Gasteiger partial charge on any atom is 0.106 e. The Morgan fingerprint density at radius 1 is 1.86 bits per heavy atom. The Hall–Kier alpha value is 0.400. The summed E-state index contributed by atoms with van der Waals surface area (Å²) in [5.41, 5.74) is 0. The first-order valence-electron chi connectivity index (χ1n) is 2.26. The highest BCUT2D eigenvalue weighted by Crippen LogP contribution is 2.07. The summed E-state index contributed by atoms with van der Waals surface area (Å²) in [7, 11) is 0. The third-order valence-corrected chi connectivity index (χ3v) is 1.28. The Labute approximate surface area is 56.9 Å². The monoisotopic (exact) mass is 214 g/mol. The minimum atomic E-state index is -0.0110. The lowest BCUT2D eigenvalue weighted by Gasteiger charge is -1.85. The van der Waals surface area contributed by atoms with Crippen LogP contribution in [0.15, 0.2) is 9.91 Å². The van der Waals surface area contributed by atoms with E-state index in [-0.39, 0.29) is 5.83 Å². The van der Waals surface area contributed by atoms with Crippen LogP contribution in [-0.4, -0.2) is 0 Å². The Morgan fingerprint density at radius 3 is 2.57 bits per heavy atom. The fourth-order valence-corrected chi connectivity index (χ4v) is 0.605. The number of halogens is 2. The second-order valence-electron chi connectivity index (χ2n) is 1.31. The van der Waals surface area contributed by atoms with Crippen LogP contribution in [0.3, 0.4) is 0 Å². The van der Waals surface area contributed by atoms with Gasteiger partial charge in [0.2, 0.25) is 0 Å². The van der Waals surface area contributed by atoms with E-state index in [9.17, 15) is 4.39 Å². The number of allylic oxidation sites excluding steroid dienone is 1. The molecule has 0 heterocycles. The molecule has 2 heteroatoms. The Balaban J connectivity index is 3.17. The van der Waals surface area contributed by atoms with Gasteiger partial charge in [-0.2, -0.15) is 0 Å². The van der Waals surface area contributed by atoms with Crippen LogP contribution in [0.1, 0.15) is 19.8 Å². The maximum atomic E-state index is 12.0. The van der Waals surface area contributed by atoms with E-state index in [4.69, 9.17) is 0 Å². The molecule has 0 fully saturated rings. The van der Waals surface area contributed by atoms with Crippen molar-refractivity contribution in [1.29, 1.82) is 0 Å². The predicted octanol–water partition coefficient (Wildman–Crippen LogP) is 3.03. The third kappa shape index (κ3) is 4.25. The molecule has 0 bridgehead atoms. The minimum absolute atomic E-state index is 0.0110. The quantitative estimate of drug-likeness (QED) is 0.619. The zero-order valence-corrected chi connectivity index (χ0v) is 6.40. The van der Waals surface area contributed by atoms with Gasteiger partial charge in [0.15, 0.2) is 0 Å². The normalized spacial score (nSPS) is 12.1. The van der Waals surface area contributed by atoms with Crippen LogP contribution in [0.2, 0.25) is 0 Å². The van der Waals surface area contributed by atoms with E-state index in [2.05, 4.69) is 0 Å². The van der Waals surface area contributed by atoms with Gasteiger partial charge < -0.3 is 0 Å². The van der Waals surface area contributed by atoms with Gasteiger partial charge in [-0.3, -0.25) is 0 Å². The molecule has 0 unspecified atom stereocenters. The summed E-state index contributed by atoms with van der Waals surface area (Å²) in [5.74, 6) is -0.0110. The molecule has 0 aliphatic heterocycles. The van der Waals surface area contributed by atoms with Crippen molar-refractivity contribution in [2.75, 3.05) is 0 Å². The van der Waals surface area contributed by atoms with E-state index in [1.807, 2.05) is 29.5 Å². The molecule has 0 saturated heterocycles. The standard InChI is InChI=1S/C5H8FI/c1-2-3-5(6)4-7/h4H,2-3H2,1H3/b5-4+. The van der Waals surface area contributed by atoms with Gasteiger partial charge in [-0.25, -0.2) is 4.39 Å². The summed E-state index contributed by atoms with van der Waals surface area (Å²) in [5, 5.41) is 0. The molecule has 0 aliphatic carbocycles. The zero-order chi connectivity index (χ0) is 5.70. The molecule has 0 amide bonds. The average molecular weight is 214 g/mol. The lowest BCUT2D eigenvalue weighted by atomic mass is 10.3. The molecule has 0 saturated carbocycles. The lowest BCUT2D eigenvalue weighted by molar-refractivity contribution is 0.587. The van der Waals surface area contributed by atoms with Crippen molar-refractivity contribution in [3.63, 3.8) is 0 Å². The van der Waals surface area contributed by atoms with Crippen LogP contribution >= 0.6 is 22.6 Å². The van der Waals surface area contributed by atoms with Crippen molar-refractivity contribution < 1.29 is 4.39 Å². The SMILES string of the molecule is CCC/C(F)=C\I. The van der Waals surface area contributed by atoms with Crippen molar-refractivity contribution in [1.82, 2.24) is 0 Å². The van der Waals surface area contributed by atoms with E-state index < -0.39 is 0 Å². The summed E-state index contributed by atoms with van der Waals surface area (Å²) in [6.07, 6.45) is 1.48. The van der Waals surface area contributed by atoms with Gasteiger partial charge in [-0.1, -0.05) is 29.5 Å². The average Bonchev–Trinajstić information content (AvgIpc) is 1.68. The van der Waals surface area contributed by atoms with Crippen LogP contribution in [0.4, 0.5) is 4.39 Å². The smallest absolute Gasteiger partial charge is 0.106 e. The van der Waals surface area contributed by atoms with Gasteiger partial charge >= 0.3 is 0 Å². The Bertz CT molecular complexity index is 68.5. The second kappa shape index (κ2) is 4.56. The Morgan fingerprint density at radius 2 is 2.43 bits per heavy atom. The van der Waals surface area contributed by atoms with Crippen molar-refractivity contribution in [2.45, 2.75) is 19.8 Å². The van der Waals surface area contributed by atoms with Crippen LogP contribution in [0.5, 0.6) is 0 Å². The van der Waals surface area contributed by atoms with Crippen molar-refractivity contribution in [2.24, 2.45) is 0 Å². The van der Waals surface area contributed by atoms with E-state index >= 15 is 0 Å². The van der Waals surface area contributed by atoms with Crippen LogP contribution < -0.4 is 0 Å². The van der Waals surface area contributed by atoms with Gasteiger partial charge in [-0.05, 0) is 12.8 Å². The topological polar surface area (TPSA) is 0 Å². The first kappa shape index (κ1) is 7.40. The molecular formula is C5H8FI. The second-order valence-corrected chi connectivity index (χ2v) is 1.93. The summed E-state index contributed by atoms with van der Waals surface area (Å²) < 4.78 is 13.5. The van der Waals surface area contributed by atoms with Crippen LogP contribution in [-0.2, 0) is 0 Å². The van der Waals surface area contributed by atoms with Crippen molar-refractivity contribution in [3.8, 4) is 0 Å². The van der Waals surface area contributed by atoms with Gasteiger partial charge in [0, 0.05) is 4.08 Å². The Kier molecular flexibility index (Phi) is 4.82. The highest BCUT2D eigenvalue weighted by atomic mass is 127. The molecule has 0 aliphatic rings. The first-order valence-corrected chi connectivity index (χ1v) is 3.50. The highest BCUT2D eigenvalue weighted by molar-refractivity contribution is 14.1. The van der Waals surface area contributed by atoms with Crippen LogP contribution in [0.25, 0.3) is 0 Å². The maximum absolute atomic E-state index is 12.0. The number of hydrogen-bond donors (Lipinski definition) is 0. The minimum Gasteiger partial charge on any atom is -0.211 e. The van der Waals surface area contributed by atoms with Crippen LogP contribution in [0, 0.1) is 0 Å². The van der Waals surface area contributed by atoms with Gasteiger partial charge in [-0.15, -0.1) is 0 Å². The molecule has 42 valence electrons. The molecule has 0 aromatic heterocycles. The molecule has 0 atom stereocenters. The fraction of sp³-hybridized carbons (Fsp3) is 0.600. The van der Waals surface area contributed by atoms with Gasteiger partial charge in [0.1, 0.15) is 5.83 Å². The first-order chi connectivity index (χ1) is 3.31. The molecule has 0 nitrogen and oxygen atoms in total. The predicted molar refractivity (Wildman–Crippen MR) is 38.1 cm³/mol. The summed E-state index contributed by atoms with van der Waals surface area (Å²) in [6, 6.07) is 0. The summed E-state index contributed by atoms with van der Waals surface area (Å²) in [6.45, 7) is 1.96. The molecule has 0 N–H and O–H groups in total. The van der Waals surface area contributed by atoms with E-state index in [0.29, 0.717) is 6.42 Å². The molecule has 0 spiro atoms. The molecule has 0 aromatic carbocycles. The molecule has 0 rings (SSSR count). The highest BCUT2D eigenvalue weighted by Gasteiger charge is 1.86. The van der Waals surface area contributed by atoms with Gasteiger partial charge in [0.25, 0.3) is 0 Å². The molecule has 7 heavy (non-hydrogen) atoms. The summed E-state index contributed by atoms with van der Waals surface area (Å²) in [4.78, 5) is 0. The van der Waals surface area contributed by atoms with E-state index in [0.717, 1.165) is 6.42 Å². The molecule has 0 aromatic rings. The van der Waals surface area contributed by atoms with E-state index in [1.54, 1.807) is 0 Å². The van der Waals surface area contributed by atoms with E-state index in [1.165, 1.54) is 4.08 Å². The largest absolute Gasteiger partial charge is 0.211 e. The van der Waals surface area contributed by atoms with Crippen molar-refractivity contribution in [3.05, 3.63) is 9.91 Å². The van der Waals surface area contributed by atoms with Crippen molar-refractivity contribution >= 4 is 22.6 Å². The lowest BCUT2D eigenvalue weighted by Crippen LogP contribution is -1.66. The van der Waals surface area contributed by atoms with Gasteiger partial charge in [0.05, 0.1) is 0 Å². The summed E-state index contributed by atoms with van der Waals surface area (Å²) >= 11 is 1.90. The number of rotatable bonds is 2.